The zero-order valence-corrected chi connectivity index (χ0v) is 19.4. The molecule has 0 aromatic rings. The maximum Gasteiger partial charge on any atom is 0.213 e. The third kappa shape index (κ3) is 7.85. The van der Waals surface area contributed by atoms with Crippen molar-refractivity contribution in [3.63, 3.8) is 0 Å². The minimum atomic E-state index is -0.384. The van der Waals surface area contributed by atoms with Crippen LogP contribution in [0.1, 0.15) is 92.4 Å². The number of nitroso groups, excluding NO2 is 1. The molecule has 0 aromatic heterocycles. The van der Waals surface area contributed by atoms with Gasteiger partial charge in [-0.1, -0.05) is 56.4 Å². The van der Waals surface area contributed by atoms with Crippen LogP contribution in [0.4, 0.5) is 0 Å². The summed E-state index contributed by atoms with van der Waals surface area (Å²) in [6, 6.07) is 0. The maximum absolute atomic E-state index is 13.2. The van der Waals surface area contributed by atoms with Gasteiger partial charge >= 0.3 is 0 Å². The standard InChI is InChI=1S/C25H38N2O3/c1-6-8-10-14-20-22(26-17-9-7-2)24(28)21(23(27-30)25(20)29)16-15-19(5)13-11-12-18(3)4/h12,15,26H,6-11,13-14,16-17H2,1-5H3/b19-15+. The summed E-state index contributed by atoms with van der Waals surface area (Å²) in [6.07, 6.45) is 11.4. The summed E-state index contributed by atoms with van der Waals surface area (Å²) < 4.78 is 0. The first-order valence-corrected chi connectivity index (χ1v) is 11.3. The van der Waals surface area contributed by atoms with E-state index in [1.165, 1.54) is 5.57 Å². The van der Waals surface area contributed by atoms with E-state index in [0.29, 0.717) is 24.2 Å². The lowest BCUT2D eigenvalue weighted by atomic mass is 9.86. The van der Waals surface area contributed by atoms with Gasteiger partial charge in [0.25, 0.3) is 0 Å². The van der Waals surface area contributed by atoms with Crippen LogP contribution in [0.25, 0.3) is 0 Å². The molecule has 1 aliphatic rings. The highest BCUT2D eigenvalue weighted by molar-refractivity contribution is 6.24. The zero-order valence-electron chi connectivity index (χ0n) is 19.4. The summed E-state index contributed by atoms with van der Waals surface area (Å²) in [4.78, 5) is 37.7. The highest BCUT2D eigenvalue weighted by Crippen LogP contribution is 2.30. The van der Waals surface area contributed by atoms with E-state index in [4.69, 9.17) is 0 Å². The van der Waals surface area contributed by atoms with Gasteiger partial charge in [0.1, 0.15) is 0 Å². The van der Waals surface area contributed by atoms with Crippen molar-refractivity contribution in [1.29, 1.82) is 0 Å². The lowest BCUT2D eigenvalue weighted by Crippen LogP contribution is -2.32. The smallest absolute Gasteiger partial charge is 0.213 e. The molecule has 1 aliphatic carbocycles. The predicted octanol–water partition coefficient (Wildman–Crippen LogP) is 6.47. The number of ketones is 2. The molecule has 1 N–H and O–H groups in total. The molecule has 166 valence electrons. The largest absolute Gasteiger partial charge is 0.382 e. The fraction of sp³-hybridized carbons (Fsp3) is 0.600. The molecule has 0 saturated carbocycles. The lowest BCUT2D eigenvalue weighted by molar-refractivity contribution is -0.117. The summed E-state index contributed by atoms with van der Waals surface area (Å²) in [5.41, 5.74) is 3.21. The molecule has 0 bridgehead atoms. The topological polar surface area (TPSA) is 75.6 Å². The molecular weight excluding hydrogens is 376 g/mol. The molecule has 0 fully saturated rings. The Bertz CT molecular complexity index is 750. The minimum absolute atomic E-state index is 0.208. The monoisotopic (exact) mass is 414 g/mol. The van der Waals surface area contributed by atoms with Gasteiger partial charge in [0.15, 0.2) is 5.70 Å². The minimum Gasteiger partial charge on any atom is -0.382 e. The van der Waals surface area contributed by atoms with E-state index >= 15 is 0 Å². The molecule has 0 saturated heterocycles. The van der Waals surface area contributed by atoms with Gasteiger partial charge in [-0.05, 0) is 64.5 Å². The number of Topliss-reactive ketones (excluding diaryl/α,β-unsaturated/α-hetero) is 2. The van der Waals surface area contributed by atoms with E-state index < -0.39 is 0 Å². The number of nitrogens with zero attached hydrogens (tertiary/aromatic N) is 1. The van der Waals surface area contributed by atoms with E-state index in [9.17, 15) is 14.5 Å². The number of hydrogen-bond acceptors (Lipinski definition) is 5. The van der Waals surface area contributed by atoms with Crippen LogP contribution in [-0.4, -0.2) is 18.1 Å². The summed E-state index contributed by atoms with van der Waals surface area (Å²) in [7, 11) is 0. The average molecular weight is 415 g/mol. The van der Waals surface area contributed by atoms with Gasteiger partial charge in [0, 0.05) is 17.7 Å². The predicted molar refractivity (Wildman–Crippen MR) is 124 cm³/mol. The van der Waals surface area contributed by atoms with Crippen molar-refractivity contribution in [1.82, 2.24) is 5.32 Å². The number of carbonyl (C=O) groups excluding carboxylic acids is 2. The van der Waals surface area contributed by atoms with E-state index in [0.717, 1.165) is 50.5 Å². The zero-order chi connectivity index (χ0) is 22.5. The normalized spacial score (nSPS) is 15.0. The van der Waals surface area contributed by atoms with Crippen LogP contribution in [0.15, 0.2) is 51.0 Å². The van der Waals surface area contributed by atoms with Crippen molar-refractivity contribution in [2.45, 2.75) is 92.4 Å². The van der Waals surface area contributed by atoms with Crippen LogP contribution in [-0.2, 0) is 9.59 Å². The number of nitrogens with one attached hydrogen (secondary N) is 1. The summed E-state index contributed by atoms with van der Waals surface area (Å²) >= 11 is 0. The van der Waals surface area contributed by atoms with Gasteiger partial charge in [0.05, 0.1) is 5.70 Å². The van der Waals surface area contributed by atoms with Gasteiger partial charge in [-0.15, -0.1) is 4.91 Å². The van der Waals surface area contributed by atoms with Crippen LogP contribution >= 0.6 is 0 Å². The van der Waals surface area contributed by atoms with E-state index in [1.807, 2.05) is 13.0 Å². The van der Waals surface area contributed by atoms with E-state index in [-0.39, 0.29) is 29.3 Å². The number of carbonyl (C=O) groups is 2. The second-order valence-electron chi connectivity index (χ2n) is 8.24. The number of rotatable bonds is 14. The molecule has 0 amide bonds. The van der Waals surface area contributed by atoms with Gasteiger partial charge in [0.2, 0.25) is 11.6 Å². The first-order valence-electron chi connectivity index (χ1n) is 11.3. The Labute approximate surface area is 181 Å². The average Bonchev–Trinajstić information content (AvgIpc) is 2.70. The third-order valence-corrected chi connectivity index (χ3v) is 5.28. The van der Waals surface area contributed by atoms with Crippen LogP contribution in [0, 0.1) is 4.91 Å². The highest BCUT2D eigenvalue weighted by atomic mass is 16.3. The lowest BCUT2D eigenvalue weighted by Gasteiger charge is -2.22. The quantitative estimate of drug-likeness (QED) is 0.153. The van der Waals surface area contributed by atoms with Crippen molar-refractivity contribution in [3.8, 4) is 0 Å². The second-order valence-corrected chi connectivity index (χ2v) is 8.24. The molecule has 0 radical (unpaired) electrons. The van der Waals surface area contributed by atoms with Gasteiger partial charge in [-0.2, -0.15) is 0 Å². The van der Waals surface area contributed by atoms with Crippen LogP contribution in [0.2, 0.25) is 0 Å². The van der Waals surface area contributed by atoms with Crippen molar-refractivity contribution in [2.75, 3.05) is 6.54 Å². The summed E-state index contributed by atoms with van der Waals surface area (Å²) in [5.74, 6) is -0.634. The Balaban J connectivity index is 3.12. The fourth-order valence-corrected chi connectivity index (χ4v) is 3.41. The molecule has 0 heterocycles. The van der Waals surface area contributed by atoms with Gasteiger partial charge < -0.3 is 5.32 Å². The molecule has 0 atom stereocenters. The van der Waals surface area contributed by atoms with Crippen molar-refractivity contribution in [2.24, 2.45) is 5.18 Å². The van der Waals surface area contributed by atoms with Gasteiger partial charge in [-0.25, -0.2) is 0 Å². The molecule has 0 aromatic carbocycles. The Morgan fingerprint density at radius 3 is 2.23 bits per heavy atom. The molecule has 1 rings (SSSR count). The van der Waals surface area contributed by atoms with E-state index in [2.05, 4.69) is 44.3 Å². The Hall–Kier alpha value is -2.30. The van der Waals surface area contributed by atoms with Crippen molar-refractivity contribution < 1.29 is 9.59 Å². The third-order valence-electron chi connectivity index (χ3n) is 5.28. The maximum atomic E-state index is 13.2. The first kappa shape index (κ1) is 25.7. The van der Waals surface area contributed by atoms with Crippen LogP contribution in [0.5, 0.6) is 0 Å². The molecular formula is C25H38N2O3. The molecule has 0 spiro atoms. The highest BCUT2D eigenvalue weighted by Gasteiger charge is 2.34. The molecule has 0 aliphatic heterocycles. The summed E-state index contributed by atoms with van der Waals surface area (Å²) in [5, 5.41) is 6.18. The number of hydrogen-bond donors (Lipinski definition) is 1. The Morgan fingerprint density at radius 1 is 0.933 bits per heavy atom. The van der Waals surface area contributed by atoms with Crippen molar-refractivity contribution >= 4 is 11.6 Å². The van der Waals surface area contributed by atoms with Crippen LogP contribution in [0.3, 0.4) is 0 Å². The fourth-order valence-electron chi connectivity index (χ4n) is 3.41. The molecule has 5 nitrogen and oxygen atoms in total. The molecule has 30 heavy (non-hydrogen) atoms. The second kappa shape index (κ2) is 13.8. The molecule has 0 unspecified atom stereocenters. The van der Waals surface area contributed by atoms with E-state index in [1.54, 1.807) is 0 Å². The number of allylic oxidation sites excluding steroid dienone is 6. The molecule has 5 heteroatoms. The van der Waals surface area contributed by atoms with Crippen molar-refractivity contribution in [3.05, 3.63) is 50.7 Å². The number of unbranched alkanes of at least 4 members (excludes halogenated alkanes) is 3. The first-order chi connectivity index (χ1) is 14.4. The Kier molecular flexibility index (Phi) is 11.9. The van der Waals surface area contributed by atoms with Gasteiger partial charge in [-0.3, -0.25) is 9.59 Å². The Morgan fingerprint density at radius 2 is 1.63 bits per heavy atom. The van der Waals surface area contributed by atoms with Crippen LogP contribution < -0.4 is 5.32 Å². The summed E-state index contributed by atoms with van der Waals surface area (Å²) in [6.45, 7) is 10.9. The SMILES string of the molecule is CCCCCC1=C(NCCCC)C(=O)C(C/C=C(\C)CCC=C(C)C)=C(N=O)C1=O.